The van der Waals surface area contributed by atoms with Gasteiger partial charge in [0.1, 0.15) is 45.3 Å². The third-order valence-corrected chi connectivity index (χ3v) is 7.47. The summed E-state index contributed by atoms with van der Waals surface area (Å²) in [5.41, 5.74) is 1.02. The molecule has 0 radical (unpaired) electrons. The van der Waals surface area contributed by atoms with Crippen LogP contribution in [-0.4, -0.2) is 81.3 Å². The van der Waals surface area contributed by atoms with Crippen LogP contribution in [0.5, 0.6) is 5.75 Å². The molecule has 0 bridgehead atoms. The van der Waals surface area contributed by atoms with Crippen LogP contribution in [0.15, 0.2) is 76.2 Å². The molecule has 5 N–H and O–H groups in total. The van der Waals surface area contributed by atoms with Crippen LogP contribution in [0.3, 0.4) is 0 Å². The maximum atomic E-state index is 12.0. The molecule has 1 heterocycles. The fourth-order valence-electron chi connectivity index (χ4n) is 4.07. The van der Waals surface area contributed by atoms with Crippen LogP contribution in [0.2, 0.25) is 5.02 Å². The van der Waals surface area contributed by atoms with Crippen molar-refractivity contribution in [1.82, 2.24) is 0 Å². The Kier molecular flexibility index (Phi) is 8.43. The van der Waals surface area contributed by atoms with Gasteiger partial charge in [0.2, 0.25) is 6.29 Å². The standard InChI is InChI=1S/C25H22Cl2O10S/c26-15-9-12(5-7-17(15)29)21(14-3-1-2-4-20(14)38(33,34)35)13-6-8-18(16(27)10-13)36-25-24(32)23(31)22(30)19(11-28)37-25/h1-10,19,22-25,28,30-32H,11H2,(H,33,34,35)/b21-12-/t19-,22+,23+,24-,25-/m1/s1. The molecule has 5 atom stereocenters. The first-order chi connectivity index (χ1) is 17.9. The molecule has 1 aliphatic heterocycles. The number of halogens is 2. The van der Waals surface area contributed by atoms with E-state index in [9.17, 15) is 38.2 Å². The summed E-state index contributed by atoms with van der Waals surface area (Å²) in [5, 5.41) is 39.6. The number of benzene rings is 2. The number of aliphatic hydroxyl groups excluding tert-OH is 4. The summed E-state index contributed by atoms with van der Waals surface area (Å²) in [6.07, 6.45) is -3.39. The molecule has 2 aromatic rings. The summed E-state index contributed by atoms with van der Waals surface area (Å²) in [7, 11) is -4.89. The van der Waals surface area contributed by atoms with Gasteiger partial charge in [-0.3, -0.25) is 4.79 Å². The molecule has 0 unspecified atom stereocenters. The van der Waals surface area contributed by atoms with Crippen molar-refractivity contribution in [3.8, 4) is 5.75 Å². The molecule has 1 aliphatic carbocycles. The summed E-state index contributed by atoms with van der Waals surface area (Å²) in [5.74, 6) is -0.214. The van der Waals surface area contributed by atoms with Crippen LogP contribution < -0.4 is 4.74 Å². The largest absolute Gasteiger partial charge is 0.744 e. The molecule has 0 saturated carbocycles. The van der Waals surface area contributed by atoms with E-state index in [1.807, 2.05) is 0 Å². The van der Waals surface area contributed by atoms with Crippen LogP contribution in [0.4, 0.5) is 0 Å². The minimum absolute atomic E-state index is 0.00688. The van der Waals surface area contributed by atoms with Gasteiger partial charge in [0.15, 0.2) is 0 Å². The third-order valence-electron chi connectivity index (χ3n) is 5.97. The van der Waals surface area contributed by atoms with Gasteiger partial charge in [-0.15, -0.1) is 0 Å². The Morgan fingerprint density at radius 3 is 2.39 bits per heavy atom. The number of aliphatic hydroxyl groups is 4. The van der Waals surface area contributed by atoms with E-state index in [1.165, 1.54) is 48.6 Å². The normalized spacial score (nSPS) is 27.2. The summed E-state index contributed by atoms with van der Waals surface area (Å²) >= 11 is 12.6. The van der Waals surface area contributed by atoms with Crippen LogP contribution >= 0.6 is 23.2 Å². The lowest BCUT2D eigenvalue weighted by atomic mass is 9.90. The maximum absolute atomic E-state index is 12.0. The van der Waals surface area contributed by atoms with Crippen LogP contribution in [-0.2, 0) is 14.9 Å². The molecule has 1 fully saturated rings. The number of ether oxygens (including phenoxy) is 2. The van der Waals surface area contributed by atoms with Crippen LogP contribution in [0, 0.1) is 0 Å². The second-order valence-electron chi connectivity index (χ2n) is 8.45. The van der Waals surface area contributed by atoms with E-state index >= 15 is 0 Å². The van der Waals surface area contributed by atoms with E-state index in [0.29, 0.717) is 11.1 Å². The second kappa shape index (κ2) is 11.3. The molecule has 2 aromatic carbocycles. The van der Waals surface area contributed by atoms with E-state index in [0.717, 1.165) is 6.07 Å². The van der Waals surface area contributed by atoms with Gasteiger partial charge < -0.3 is 34.5 Å². The fraction of sp³-hybridized carbons (Fsp3) is 0.240. The van der Waals surface area contributed by atoms with Crippen molar-refractivity contribution in [3.05, 3.63) is 87.4 Å². The quantitative estimate of drug-likeness (QED) is 0.289. The summed E-state index contributed by atoms with van der Waals surface area (Å²) in [6.45, 7) is -0.646. The third kappa shape index (κ3) is 5.71. The van der Waals surface area contributed by atoms with Gasteiger partial charge in [-0.1, -0.05) is 47.5 Å². The van der Waals surface area contributed by atoms with Crippen molar-refractivity contribution in [2.24, 2.45) is 0 Å². The highest BCUT2D eigenvalue weighted by Gasteiger charge is 2.44. The van der Waals surface area contributed by atoms with Crippen LogP contribution in [0.25, 0.3) is 5.57 Å². The van der Waals surface area contributed by atoms with Crippen molar-refractivity contribution in [2.75, 3.05) is 6.61 Å². The molecular weight excluding hydrogens is 563 g/mol. The molecule has 4 rings (SSSR count). The molecule has 10 nitrogen and oxygen atoms in total. The minimum atomic E-state index is -4.89. The Labute approximate surface area is 227 Å². The lowest BCUT2D eigenvalue weighted by Gasteiger charge is -2.39. The highest BCUT2D eigenvalue weighted by molar-refractivity contribution is 7.85. The number of ketones is 1. The number of carbonyl (C=O) groups excluding carboxylic acids is 1. The maximum Gasteiger partial charge on any atom is 0.358 e. The van der Waals surface area contributed by atoms with Gasteiger partial charge >= 0.3 is 5.78 Å². The van der Waals surface area contributed by atoms with Gasteiger partial charge in [0.05, 0.1) is 16.5 Å². The van der Waals surface area contributed by atoms with E-state index in [2.05, 4.69) is 0 Å². The zero-order chi connectivity index (χ0) is 27.8. The van der Waals surface area contributed by atoms with Gasteiger partial charge in [-0.2, -0.15) is 0 Å². The van der Waals surface area contributed by atoms with Gasteiger partial charge in [0, 0.05) is 11.6 Å². The summed E-state index contributed by atoms with van der Waals surface area (Å²) < 4.78 is 47.1. The predicted octanol–water partition coefficient (Wildman–Crippen LogP) is 1.46. The molecule has 2 aliphatic rings. The SMILES string of the molecule is O=S(=O)([O-])c1ccccc1/C(=C1/C=CC(=[OH+])C(Cl)=C1)c1ccc(O[C@@H]2O[C@H](CO)[C@H](O)[C@H](O)[C@H]2O)c(Cl)c1. The lowest BCUT2D eigenvalue weighted by molar-refractivity contribution is -0.277. The number of allylic oxidation sites excluding steroid dienone is 5. The fourth-order valence-corrected chi connectivity index (χ4v) is 5.16. The molecule has 0 spiro atoms. The molecule has 0 amide bonds. The van der Waals surface area contributed by atoms with Crippen LogP contribution in [0.1, 0.15) is 11.1 Å². The summed E-state index contributed by atoms with van der Waals surface area (Å²) in [6, 6.07) is 9.84. The average molecular weight is 585 g/mol. The number of hydrogen-bond donors (Lipinski definition) is 4. The predicted molar refractivity (Wildman–Crippen MR) is 136 cm³/mol. The van der Waals surface area contributed by atoms with Crippen molar-refractivity contribution in [2.45, 2.75) is 35.6 Å². The zero-order valence-corrected chi connectivity index (χ0v) is 21.6. The van der Waals surface area contributed by atoms with Gasteiger partial charge in [0.25, 0.3) is 0 Å². The monoisotopic (exact) mass is 584 g/mol. The Bertz CT molecular complexity index is 1450. The van der Waals surface area contributed by atoms with E-state index in [-0.39, 0.29) is 32.7 Å². The molecular formula is C25H22Cl2O10S. The second-order valence-corrected chi connectivity index (χ2v) is 10.6. The zero-order valence-electron chi connectivity index (χ0n) is 19.3. The van der Waals surface area contributed by atoms with Crippen molar-refractivity contribution >= 4 is 44.7 Å². The molecule has 13 heteroatoms. The Morgan fingerprint density at radius 2 is 1.76 bits per heavy atom. The first-order valence-corrected chi connectivity index (χ1v) is 13.3. The van der Waals surface area contributed by atoms with Gasteiger partial charge in [-0.25, -0.2) is 8.42 Å². The summed E-state index contributed by atoms with van der Waals surface area (Å²) in [4.78, 5) is 9.38. The molecule has 1 saturated heterocycles. The highest BCUT2D eigenvalue weighted by atomic mass is 35.5. The first-order valence-electron chi connectivity index (χ1n) is 11.1. The average Bonchev–Trinajstić information content (AvgIpc) is 2.87. The van der Waals surface area contributed by atoms with E-state index in [1.54, 1.807) is 6.07 Å². The molecule has 0 aromatic heterocycles. The van der Waals surface area contributed by atoms with Crippen molar-refractivity contribution in [3.63, 3.8) is 0 Å². The highest BCUT2D eigenvalue weighted by Crippen LogP contribution is 2.38. The van der Waals surface area contributed by atoms with Crippen molar-refractivity contribution < 1.29 is 47.7 Å². The molecule has 38 heavy (non-hydrogen) atoms. The smallest absolute Gasteiger partial charge is 0.358 e. The Balaban J connectivity index is 1.79. The topological polar surface area (TPSA) is 178 Å². The number of rotatable bonds is 6. The Hall–Kier alpha value is -2.58. The Morgan fingerprint density at radius 1 is 1.05 bits per heavy atom. The van der Waals surface area contributed by atoms with Crippen molar-refractivity contribution in [1.29, 1.82) is 0 Å². The lowest BCUT2D eigenvalue weighted by Crippen LogP contribution is -2.60. The molecule has 202 valence electrons. The number of hydrogen-bond acceptors (Lipinski definition) is 9. The first kappa shape index (κ1) is 28.4. The van der Waals surface area contributed by atoms with E-state index < -0.39 is 52.3 Å². The minimum Gasteiger partial charge on any atom is -0.744 e. The van der Waals surface area contributed by atoms with E-state index in [4.69, 9.17) is 32.7 Å². The van der Waals surface area contributed by atoms with Gasteiger partial charge in [-0.05, 0) is 47.1 Å².